The van der Waals surface area contributed by atoms with E-state index < -0.39 is 36.8 Å². The Labute approximate surface area is 273 Å². The molecule has 0 bridgehead atoms. The lowest BCUT2D eigenvalue weighted by Gasteiger charge is -2.37. The molecule has 5 atom stereocenters. The van der Waals surface area contributed by atoms with Crippen LogP contribution in [0.25, 0.3) is 0 Å². The van der Waals surface area contributed by atoms with E-state index in [1.54, 1.807) is 29.4 Å². The number of rotatable bonds is 14. The molecule has 3 aliphatic rings. The van der Waals surface area contributed by atoms with Gasteiger partial charge in [-0.25, -0.2) is 14.4 Å². The number of benzene rings is 1. The lowest BCUT2D eigenvalue weighted by Crippen LogP contribution is -2.54. The zero-order valence-corrected chi connectivity index (χ0v) is 26.7. The Hall–Kier alpha value is -2.65. The van der Waals surface area contributed by atoms with Gasteiger partial charge < -0.3 is 40.1 Å². The van der Waals surface area contributed by atoms with E-state index in [4.69, 9.17) is 21.4 Å². The van der Waals surface area contributed by atoms with Crippen molar-refractivity contribution in [3.8, 4) is 5.75 Å². The van der Waals surface area contributed by atoms with Crippen LogP contribution in [0.5, 0.6) is 5.75 Å². The second kappa shape index (κ2) is 15.5. The van der Waals surface area contributed by atoms with Crippen LogP contribution in [0, 0.1) is 17.2 Å². The Kier molecular flexibility index (Phi) is 11.7. The van der Waals surface area contributed by atoms with Gasteiger partial charge in [0.25, 0.3) is 0 Å². The minimum absolute atomic E-state index is 0.0235. The minimum Gasteiger partial charge on any atom is -0.493 e. The molecule has 2 aliphatic heterocycles. The molecule has 1 aromatic carbocycles. The number of piperazine rings is 1. The van der Waals surface area contributed by atoms with Gasteiger partial charge in [0.1, 0.15) is 29.9 Å². The van der Waals surface area contributed by atoms with Crippen molar-refractivity contribution in [2.75, 3.05) is 63.9 Å². The van der Waals surface area contributed by atoms with E-state index in [2.05, 4.69) is 14.9 Å². The molecule has 1 amide bonds. The maximum atomic E-state index is 14.9. The number of anilines is 1. The molecule has 14 heteroatoms. The van der Waals surface area contributed by atoms with Gasteiger partial charge in [-0.05, 0) is 55.1 Å². The van der Waals surface area contributed by atoms with E-state index >= 15 is 0 Å². The highest BCUT2D eigenvalue weighted by Gasteiger charge is 2.54. The van der Waals surface area contributed by atoms with Crippen LogP contribution in [0.2, 0.25) is 5.02 Å². The van der Waals surface area contributed by atoms with Crippen LogP contribution in [0.4, 0.5) is 10.3 Å². The topological polar surface area (TPSA) is 163 Å². The maximum absolute atomic E-state index is 14.9. The molecule has 5 N–H and O–H groups in total. The first-order valence-corrected chi connectivity index (χ1v) is 16.4. The number of β-amino-alcohol motifs (C(OH)–C–C–N with tert-alkyl or cyclic N) is 1. The van der Waals surface area contributed by atoms with Crippen molar-refractivity contribution in [3.63, 3.8) is 0 Å². The van der Waals surface area contributed by atoms with Crippen LogP contribution in [0.15, 0.2) is 30.6 Å². The third kappa shape index (κ3) is 8.62. The molecule has 1 unspecified atom stereocenters. The zero-order chi connectivity index (χ0) is 32.8. The summed E-state index contributed by atoms with van der Waals surface area (Å²) in [5, 5.41) is 49.0. The zero-order valence-electron chi connectivity index (χ0n) is 25.9. The molecule has 5 rings (SSSR count). The van der Waals surface area contributed by atoms with Crippen molar-refractivity contribution in [3.05, 3.63) is 47.0 Å². The third-order valence-corrected chi connectivity index (χ3v) is 10.0. The molecule has 1 aromatic heterocycles. The number of hydrogen-bond donors (Lipinski definition) is 5. The molecule has 254 valence electrons. The van der Waals surface area contributed by atoms with Gasteiger partial charge in [0.05, 0.1) is 43.2 Å². The summed E-state index contributed by atoms with van der Waals surface area (Å²) in [5.74, 6) is 1.17. The maximum Gasteiger partial charge on any atom is 0.227 e. The first kappa shape index (κ1) is 34.7. The predicted molar refractivity (Wildman–Crippen MR) is 168 cm³/mol. The summed E-state index contributed by atoms with van der Waals surface area (Å²) >= 11 is 5.91. The number of carbonyl (C=O) groups is 1. The van der Waals surface area contributed by atoms with Crippen LogP contribution in [0.3, 0.4) is 0 Å². The lowest BCUT2D eigenvalue weighted by atomic mass is 9.90. The average Bonchev–Trinajstić information content (AvgIpc) is 3.74. The van der Waals surface area contributed by atoms with E-state index in [-0.39, 0.29) is 18.9 Å². The molecule has 1 saturated carbocycles. The Balaban J connectivity index is 0.977. The fourth-order valence-corrected chi connectivity index (χ4v) is 6.84. The van der Waals surface area contributed by atoms with Gasteiger partial charge in [-0.3, -0.25) is 9.69 Å². The SMILES string of the molecule is O=C(Cc1ccc(OCCCC2CC23CCN(c2ncc(Cl)cn2)CC3)cc1F)N1CCN(C[C@H](O)[C@@H](O)[C@H](O)[C@H](O)CO)CC1. The van der Waals surface area contributed by atoms with Crippen molar-refractivity contribution in [1.29, 1.82) is 0 Å². The van der Waals surface area contributed by atoms with Gasteiger partial charge >= 0.3 is 0 Å². The molecule has 0 radical (unpaired) electrons. The second-order valence-corrected chi connectivity index (χ2v) is 13.3. The van der Waals surface area contributed by atoms with Crippen molar-refractivity contribution in [1.82, 2.24) is 19.8 Å². The second-order valence-electron chi connectivity index (χ2n) is 12.9. The number of amides is 1. The van der Waals surface area contributed by atoms with Crippen molar-refractivity contribution in [2.24, 2.45) is 11.3 Å². The number of ether oxygens (including phenoxy) is 1. The van der Waals surface area contributed by atoms with Crippen molar-refractivity contribution in [2.45, 2.75) is 62.9 Å². The summed E-state index contributed by atoms with van der Waals surface area (Å²) < 4.78 is 20.7. The summed E-state index contributed by atoms with van der Waals surface area (Å²) in [6.45, 7) is 3.24. The Morgan fingerprint density at radius 3 is 2.35 bits per heavy atom. The number of hydrogen-bond acceptors (Lipinski definition) is 11. The van der Waals surface area contributed by atoms with Crippen molar-refractivity contribution >= 4 is 23.5 Å². The highest BCUT2D eigenvalue weighted by Crippen LogP contribution is 2.61. The molecule has 3 heterocycles. The van der Waals surface area contributed by atoms with Gasteiger partial charge in [-0.2, -0.15) is 0 Å². The normalized spacial score (nSPS) is 22.4. The Morgan fingerprint density at radius 2 is 1.70 bits per heavy atom. The minimum atomic E-state index is -1.68. The number of nitrogens with zero attached hydrogens (tertiary/aromatic N) is 5. The van der Waals surface area contributed by atoms with Gasteiger partial charge in [-0.1, -0.05) is 17.7 Å². The molecule has 12 nitrogen and oxygen atoms in total. The molecular weight excluding hydrogens is 621 g/mol. The Bertz CT molecular complexity index is 1290. The highest BCUT2D eigenvalue weighted by molar-refractivity contribution is 6.30. The van der Waals surface area contributed by atoms with Crippen molar-refractivity contribution < 1.29 is 39.5 Å². The molecule has 2 aromatic rings. The Morgan fingerprint density at radius 1 is 1.02 bits per heavy atom. The van der Waals surface area contributed by atoms with E-state index in [0.29, 0.717) is 60.5 Å². The number of piperidine rings is 1. The molecule has 46 heavy (non-hydrogen) atoms. The smallest absolute Gasteiger partial charge is 0.227 e. The molecule has 2 saturated heterocycles. The number of aromatic nitrogens is 2. The quantitative estimate of drug-likeness (QED) is 0.182. The monoisotopic (exact) mass is 665 g/mol. The van der Waals surface area contributed by atoms with Crippen LogP contribution in [0.1, 0.15) is 37.7 Å². The summed E-state index contributed by atoms with van der Waals surface area (Å²) in [4.78, 5) is 27.2. The highest BCUT2D eigenvalue weighted by atomic mass is 35.5. The van der Waals surface area contributed by atoms with Gasteiger partial charge in [0.15, 0.2) is 0 Å². The van der Waals surface area contributed by atoms with E-state index in [1.165, 1.54) is 12.5 Å². The van der Waals surface area contributed by atoms with E-state index in [9.17, 15) is 29.6 Å². The van der Waals surface area contributed by atoms with E-state index in [1.807, 2.05) is 4.90 Å². The standard InChI is InChI=1S/C32H45ClFN5O7/c33-23-17-35-31(36-18-23)39-7-5-32(6-8-39)16-22(32)2-1-13-46-24-4-3-21(25(34)15-24)14-28(43)38-11-9-37(10-12-38)19-26(41)29(44)30(45)27(42)20-40/h3-4,15,17-18,22,26-27,29-30,40-42,44-45H,1-2,5-14,16,19-20H2/t22?,26-,27+,29+,30+/m0/s1. The fourth-order valence-electron chi connectivity index (χ4n) is 6.74. The predicted octanol–water partition coefficient (Wildman–Crippen LogP) is 0.857. The van der Waals surface area contributed by atoms with Gasteiger partial charge in [0.2, 0.25) is 11.9 Å². The summed E-state index contributed by atoms with van der Waals surface area (Å²) in [6.07, 6.45) is 2.42. The lowest BCUT2D eigenvalue weighted by molar-refractivity contribution is -0.134. The van der Waals surface area contributed by atoms with Crippen LogP contribution < -0.4 is 9.64 Å². The number of carbonyl (C=O) groups excluding carboxylic acids is 1. The summed E-state index contributed by atoms with van der Waals surface area (Å²) in [6, 6.07) is 4.63. The summed E-state index contributed by atoms with van der Waals surface area (Å²) in [7, 11) is 0. The molecule has 1 aliphatic carbocycles. The van der Waals surface area contributed by atoms with Crippen LogP contribution >= 0.6 is 11.6 Å². The van der Waals surface area contributed by atoms with Gasteiger partial charge in [-0.15, -0.1) is 0 Å². The summed E-state index contributed by atoms with van der Waals surface area (Å²) in [5.41, 5.74) is 0.707. The number of aliphatic hydroxyl groups is 5. The van der Waals surface area contributed by atoms with E-state index in [0.717, 1.165) is 44.7 Å². The molecule has 3 fully saturated rings. The van der Waals surface area contributed by atoms with Gasteiger partial charge in [0, 0.05) is 51.9 Å². The largest absolute Gasteiger partial charge is 0.493 e. The number of aliphatic hydroxyl groups excluding tert-OH is 5. The van der Waals surface area contributed by atoms with Crippen LogP contribution in [-0.2, 0) is 11.2 Å². The first-order valence-electron chi connectivity index (χ1n) is 16.1. The third-order valence-electron chi connectivity index (χ3n) is 9.84. The fraction of sp³-hybridized carbons (Fsp3) is 0.656. The molecule has 1 spiro atoms. The first-order chi connectivity index (χ1) is 22.1. The average molecular weight is 666 g/mol. The van der Waals surface area contributed by atoms with Crippen LogP contribution in [-0.4, -0.2) is 135 Å². The molecular formula is C32H45ClFN5O7. The number of halogens is 2.